The lowest BCUT2D eigenvalue weighted by Gasteiger charge is -2.02. The van der Waals surface area contributed by atoms with Crippen LogP contribution >= 0.6 is 11.3 Å². The lowest BCUT2D eigenvalue weighted by atomic mass is 10.3. The largest absolute Gasteiger partial charge is 0.391 e. The third-order valence-corrected chi connectivity index (χ3v) is 2.34. The zero-order chi connectivity index (χ0) is 8.27. The van der Waals surface area contributed by atoms with Gasteiger partial charge in [-0.15, -0.1) is 11.3 Å². The number of aliphatic hydroxyl groups excluding tert-OH is 1. The fourth-order valence-electron chi connectivity index (χ4n) is 0.781. The van der Waals surface area contributed by atoms with Crippen LogP contribution in [0.1, 0.15) is 10.7 Å². The Balaban J connectivity index is 2.50. The summed E-state index contributed by atoms with van der Waals surface area (Å²) in [5, 5.41) is 12.1. The summed E-state index contributed by atoms with van der Waals surface area (Å²) < 4.78 is 0. The first-order chi connectivity index (χ1) is 5.22. The number of nitrogens with two attached hydrogens (primary N) is 1. The highest BCUT2D eigenvalue weighted by molar-refractivity contribution is 7.09. The van der Waals surface area contributed by atoms with Gasteiger partial charge in [-0.3, -0.25) is 0 Å². The summed E-state index contributed by atoms with van der Waals surface area (Å²) in [6.07, 6.45) is 0.134. The van der Waals surface area contributed by atoms with E-state index < -0.39 is 6.10 Å². The second kappa shape index (κ2) is 3.80. The van der Waals surface area contributed by atoms with Crippen LogP contribution in [0.4, 0.5) is 0 Å². The van der Waals surface area contributed by atoms with Gasteiger partial charge >= 0.3 is 0 Å². The number of hydrogen-bond donors (Lipinski definition) is 2. The molecule has 1 aromatic heterocycles. The molecule has 4 heteroatoms. The fraction of sp³-hybridized carbons (Fsp3) is 0.571. The minimum Gasteiger partial charge on any atom is -0.391 e. The first kappa shape index (κ1) is 8.64. The highest BCUT2D eigenvalue weighted by atomic mass is 32.1. The third-order valence-electron chi connectivity index (χ3n) is 1.35. The monoisotopic (exact) mass is 172 g/mol. The molecule has 1 aromatic rings. The summed E-state index contributed by atoms with van der Waals surface area (Å²) in [6, 6.07) is 0. The fourth-order valence-corrected chi connectivity index (χ4v) is 1.63. The molecule has 3 N–H and O–H groups in total. The van der Waals surface area contributed by atoms with Crippen LogP contribution in [0.3, 0.4) is 0 Å². The van der Waals surface area contributed by atoms with Gasteiger partial charge in [0.15, 0.2) is 0 Å². The molecule has 0 aliphatic carbocycles. The summed E-state index contributed by atoms with van der Waals surface area (Å²) in [5.41, 5.74) is 6.26. The predicted octanol–water partition coefficient (Wildman–Crippen LogP) is 0.314. The summed E-state index contributed by atoms with van der Waals surface area (Å²) in [5.74, 6) is 0. The SMILES string of the molecule is Cc1csc(CC(O)CN)n1. The zero-order valence-corrected chi connectivity index (χ0v) is 7.27. The first-order valence-corrected chi connectivity index (χ1v) is 4.39. The molecule has 62 valence electrons. The molecule has 0 amide bonds. The van der Waals surface area contributed by atoms with E-state index in [-0.39, 0.29) is 0 Å². The maximum Gasteiger partial charge on any atom is 0.0954 e. The first-order valence-electron chi connectivity index (χ1n) is 3.51. The van der Waals surface area contributed by atoms with Crippen LogP contribution in [0.2, 0.25) is 0 Å². The van der Waals surface area contributed by atoms with Gasteiger partial charge in [0.1, 0.15) is 0 Å². The van der Waals surface area contributed by atoms with E-state index in [2.05, 4.69) is 4.98 Å². The normalized spacial score (nSPS) is 13.4. The minimum absolute atomic E-state index is 0.304. The van der Waals surface area contributed by atoms with Gasteiger partial charge in [0, 0.05) is 24.0 Å². The Hall–Kier alpha value is -0.450. The van der Waals surface area contributed by atoms with Crippen LogP contribution in [0.15, 0.2) is 5.38 Å². The number of hydrogen-bond acceptors (Lipinski definition) is 4. The van der Waals surface area contributed by atoms with Crippen LogP contribution in [-0.2, 0) is 6.42 Å². The van der Waals surface area contributed by atoms with E-state index in [9.17, 15) is 0 Å². The van der Waals surface area contributed by atoms with Crippen molar-refractivity contribution in [2.45, 2.75) is 19.4 Å². The van der Waals surface area contributed by atoms with Crippen molar-refractivity contribution in [2.75, 3.05) is 6.54 Å². The van der Waals surface area contributed by atoms with E-state index in [1.54, 1.807) is 11.3 Å². The van der Waals surface area contributed by atoms with Gasteiger partial charge in [0.2, 0.25) is 0 Å². The topological polar surface area (TPSA) is 59.1 Å². The van der Waals surface area contributed by atoms with Gasteiger partial charge in [-0.25, -0.2) is 4.98 Å². The van der Waals surface area contributed by atoms with Crippen molar-refractivity contribution in [2.24, 2.45) is 5.73 Å². The molecular formula is C7H12N2OS. The van der Waals surface area contributed by atoms with E-state index in [0.717, 1.165) is 10.7 Å². The van der Waals surface area contributed by atoms with Crippen molar-refractivity contribution in [3.63, 3.8) is 0 Å². The van der Waals surface area contributed by atoms with Crippen molar-refractivity contribution in [3.05, 3.63) is 16.1 Å². The molecule has 0 aromatic carbocycles. The van der Waals surface area contributed by atoms with Gasteiger partial charge in [-0.1, -0.05) is 0 Å². The minimum atomic E-state index is -0.444. The van der Waals surface area contributed by atoms with Crippen LogP contribution in [0.5, 0.6) is 0 Å². The Morgan fingerprint density at radius 1 is 1.82 bits per heavy atom. The van der Waals surface area contributed by atoms with Gasteiger partial charge in [0.25, 0.3) is 0 Å². The highest BCUT2D eigenvalue weighted by Crippen LogP contribution is 2.10. The Bertz CT molecular complexity index is 224. The molecule has 0 saturated heterocycles. The molecule has 0 aliphatic rings. The Morgan fingerprint density at radius 3 is 3.00 bits per heavy atom. The molecule has 0 bridgehead atoms. The van der Waals surface area contributed by atoms with Gasteiger partial charge < -0.3 is 10.8 Å². The van der Waals surface area contributed by atoms with E-state index in [4.69, 9.17) is 10.8 Å². The molecule has 1 rings (SSSR count). The Labute approximate surface area is 69.9 Å². The molecule has 0 aliphatic heterocycles. The number of nitrogens with zero attached hydrogens (tertiary/aromatic N) is 1. The Kier molecular flexibility index (Phi) is 2.99. The van der Waals surface area contributed by atoms with Crippen molar-refractivity contribution in [1.82, 2.24) is 4.98 Å². The summed E-state index contributed by atoms with van der Waals surface area (Å²) in [7, 11) is 0. The number of aromatic nitrogens is 1. The number of aliphatic hydroxyl groups is 1. The molecule has 1 atom stereocenters. The predicted molar refractivity (Wildman–Crippen MR) is 45.6 cm³/mol. The molecule has 0 saturated carbocycles. The lowest BCUT2D eigenvalue weighted by molar-refractivity contribution is 0.183. The number of thiazole rings is 1. The van der Waals surface area contributed by atoms with Crippen LogP contribution in [0, 0.1) is 6.92 Å². The highest BCUT2D eigenvalue weighted by Gasteiger charge is 2.05. The van der Waals surface area contributed by atoms with Crippen molar-refractivity contribution < 1.29 is 5.11 Å². The third kappa shape index (κ3) is 2.57. The quantitative estimate of drug-likeness (QED) is 0.690. The van der Waals surface area contributed by atoms with E-state index in [1.165, 1.54) is 0 Å². The van der Waals surface area contributed by atoms with E-state index in [0.29, 0.717) is 13.0 Å². The second-order valence-corrected chi connectivity index (χ2v) is 3.42. The average Bonchev–Trinajstić information content (AvgIpc) is 2.35. The maximum absolute atomic E-state index is 9.16. The Morgan fingerprint density at radius 2 is 2.55 bits per heavy atom. The van der Waals surface area contributed by atoms with Crippen molar-refractivity contribution in [3.8, 4) is 0 Å². The van der Waals surface area contributed by atoms with E-state index in [1.807, 2.05) is 12.3 Å². The number of aryl methyl sites for hydroxylation is 1. The lowest BCUT2D eigenvalue weighted by Crippen LogP contribution is -2.21. The second-order valence-electron chi connectivity index (χ2n) is 2.48. The van der Waals surface area contributed by atoms with Gasteiger partial charge in [-0.05, 0) is 6.92 Å². The average molecular weight is 172 g/mol. The molecule has 1 unspecified atom stereocenters. The van der Waals surface area contributed by atoms with Crippen molar-refractivity contribution in [1.29, 1.82) is 0 Å². The molecule has 3 nitrogen and oxygen atoms in total. The van der Waals surface area contributed by atoms with Gasteiger partial charge in [0.05, 0.1) is 11.1 Å². The smallest absolute Gasteiger partial charge is 0.0954 e. The summed E-state index contributed by atoms with van der Waals surface area (Å²) in [4.78, 5) is 4.20. The standard InChI is InChI=1S/C7H12N2OS/c1-5-4-11-7(9-5)2-6(10)3-8/h4,6,10H,2-3,8H2,1H3. The molecule has 1 heterocycles. The maximum atomic E-state index is 9.16. The van der Waals surface area contributed by atoms with Gasteiger partial charge in [-0.2, -0.15) is 0 Å². The number of rotatable bonds is 3. The molecular weight excluding hydrogens is 160 g/mol. The zero-order valence-electron chi connectivity index (χ0n) is 6.45. The van der Waals surface area contributed by atoms with E-state index >= 15 is 0 Å². The molecule has 11 heavy (non-hydrogen) atoms. The van der Waals surface area contributed by atoms with Crippen LogP contribution < -0.4 is 5.73 Å². The molecule has 0 fully saturated rings. The summed E-state index contributed by atoms with van der Waals surface area (Å²) in [6.45, 7) is 2.24. The summed E-state index contributed by atoms with van der Waals surface area (Å²) >= 11 is 1.57. The van der Waals surface area contributed by atoms with Crippen LogP contribution in [0.25, 0.3) is 0 Å². The van der Waals surface area contributed by atoms with Crippen LogP contribution in [-0.4, -0.2) is 22.7 Å². The van der Waals surface area contributed by atoms with Crippen molar-refractivity contribution >= 4 is 11.3 Å². The molecule has 0 spiro atoms. The molecule has 0 radical (unpaired) electrons.